The van der Waals surface area contributed by atoms with Gasteiger partial charge in [0.1, 0.15) is 5.82 Å². The Bertz CT molecular complexity index is 789. The first kappa shape index (κ1) is 14.0. The fourth-order valence-electron chi connectivity index (χ4n) is 2.37. The third-order valence-electron chi connectivity index (χ3n) is 3.53. The van der Waals surface area contributed by atoms with E-state index in [1.807, 2.05) is 30.3 Å². The van der Waals surface area contributed by atoms with Crippen LogP contribution in [0.3, 0.4) is 0 Å². The zero-order valence-electron chi connectivity index (χ0n) is 11.3. The van der Waals surface area contributed by atoms with E-state index in [0.717, 1.165) is 16.5 Å². The summed E-state index contributed by atoms with van der Waals surface area (Å²) in [5.74, 6) is -0.395. The van der Waals surface area contributed by atoms with Gasteiger partial charge in [0.15, 0.2) is 0 Å². The van der Waals surface area contributed by atoms with E-state index in [-0.39, 0.29) is 11.1 Å². The van der Waals surface area contributed by atoms with Crippen molar-refractivity contribution in [1.82, 2.24) is 4.98 Å². The third-order valence-corrected chi connectivity index (χ3v) is 3.82. The monoisotopic (exact) mass is 300 g/mol. The van der Waals surface area contributed by atoms with Gasteiger partial charge in [-0.05, 0) is 35.7 Å². The number of hydrogen-bond acceptors (Lipinski definition) is 2. The molecule has 1 aromatic heterocycles. The van der Waals surface area contributed by atoms with Crippen LogP contribution in [0.2, 0.25) is 5.02 Å². The highest BCUT2D eigenvalue weighted by Gasteiger charge is 2.13. The lowest BCUT2D eigenvalue weighted by molar-refractivity contribution is 0.594. The zero-order valence-corrected chi connectivity index (χ0v) is 12.0. The van der Waals surface area contributed by atoms with Crippen molar-refractivity contribution >= 4 is 22.5 Å². The standard InChI is InChI=1S/C17H14ClFN2/c18-14-5-1-3-13(17(14)19)9-15(20)12-7-6-11-4-2-8-21-16(11)10-12/h1-8,10,15H,9,20H2. The van der Waals surface area contributed by atoms with Gasteiger partial charge in [0.05, 0.1) is 10.5 Å². The predicted molar refractivity (Wildman–Crippen MR) is 83.8 cm³/mol. The van der Waals surface area contributed by atoms with E-state index in [1.165, 1.54) is 6.07 Å². The molecule has 0 aliphatic carbocycles. The van der Waals surface area contributed by atoms with Crippen LogP contribution >= 0.6 is 11.6 Å². The molecule has 2 nitrogen and oxygen atoms in total. The van der Waals surface area contributed by atoms with E-state index in [0.29, 0.717) is 12.0 Å². The van der Waals surface area contributed by atoms with Crippen LogP contribution in [0.4, 0.5) is 4.39 Å². The SMILES string of the molecule is NC(Cc1cccc(Cl)c1F)c1ccc2cccnc2c1. The molecule has 3 rings (SSSR count). The Labute approximate surface area is 127 Å². The second kappa shape index (κ2) is 5.80. The normalized spacial score (nSPS) is 12.5. The fraction of sp³-hybridized carbons (Fsp3) is 0.118. The van der Waals surface area contributed by atoms with Crippen LogP contribution in [-0.2, 0) is 6.42 Å². The minimum atomic E-state index is -0.395. The summed E-state index contributed by atoms with van der Waals surface area (Å²) in [5, 5.41) is 1.18. The molecule has 2 aromatic carbocycles. The summed E-state index contributed by atoms with van der Waals surface area (Å²) < 4.78 is 13.9. The maximum atomic E-state index is 13.9. The molecule has 21 heavy (non-hydrogen) atoms. The van der Waals surface area contributed by atoms with Gasteiger partial charge in [-0.2, -0.15) is 0 Å². The Morgan fingerprint density at radius 1 is 1.14 bits per heavy atom. The lowest BCUT2D eigenvalue weighted by atomic mass is 9.98. The minimum absolute atomic E-state index is 0.125. The van der Waals surface area contributed by atoms with E-state index in [1.54, 1.807) is 18.3 Å². The summed E-state index contributed by atoms with van der Waals surface area (Å²) in [5.41, 5.74) is 8.54. The van der Waals surface area contributed by atoms with Gasteiger partial charge >= 0.3 is 0 Å². The smallest absolute Gasteiger partial charge is 0.145 e. The van der Waals surface area contributed by atoms with E-state index in [4.69, 9.17) is 17.3 Å². The van der Waals surface area contributed by atoms with Gasteiger partial charge in [0, 0.05) is 17.6 Å². The molecule has 0 fully saturated rings. The van der Waals surface area contributed by atoms with E-state index >= 15 is 0 Å². The molecule has 0 radical (unpaired) electrons. The van der Waals surface area contributed by atoms with Crippen LogP contribution in [0.5, 0.6) is 0 Å². The van der Waals surface area contributed by atoms with Crippen LogP contribution in [-0.4, -0.2) is 4.98 Å². The van der Waals surface area contributed by atoms with Gasteiger partial charge in [0.25, 0.3) is 0 Å². The second-order valence-corrected chi connectivity index (χ2v) is 5.39. The summed E-state index contributed by atoms with van der Waals surface area (Å²) in [6, 6.07) is 14.4. The number of hydrogen-bond donors (Lipinski definition) is 1. The van der Waals surface area contributed by atoms with Crippen LogP contribution < -0.4 is 5.73 Å². The van der Waals surface area contributed by atoms with Gasteiger partial charge in [-0.3, -0.25) is 4.98 Å². The van der Waals surface area contributed by atoms with Crippen LogP contribution in [0.25, 0.3) is 10.9 Å². The maximum absolute atomic E-state index is 13.9. The number of nitrogens with two attached hydrogens (primary N) is 1. The Morgan fingerprint density at radius 3 is 2.86 bits per heavy atom. The Balaban J connectivity index is 1.89. The lowest BCUT2D eigenvalue weighted by Gasteiger charge is -2.14. The van der Waals surface area contributed by atoms with Crippen molar-refractivity contribution in [1.29, 1.82) is 0 Å². The van der Waals surface area contributed by atoms with Gasteiger partial charge in [-0.25, -0.2) is 4.39 Å². The Hall–Kier alpha value is -1.97. The van der Waals surface area contributed by atoms with Crippen LogP contribution in [0, 0.1) is 5.82 Å². The van der Waals surface area contributed by atoms with Gasteiger partial charge in [-0.15, -0.1) is 0 Å². The zero-order chi connectivity index (χ0) is 14.8. The molecule has 0 saturated heterocycles. The number of fused-ring (bicyclic) bond motifs is 1. The van der Waals surface area contributed by atoms with Crippen molar-refractivity contribution in [3.05, 3.63) is 76.7 Å². The van der Waals surface area contributed by atoms with Crippen molar-refractivity contribution in [2.24, 2.45) is 5.73 Å². The molecule has 2 N–H and O–H groups in total. The number of benzene rings is 2. The number of nitrogens with zero attached hydrogens (tertiary/aromatic N) is 1. The Kier molecular flexibility index (Phi) is 3.86. The topological polar surface area (TPSA) is 38.9 Å². The summed E-state index contributed by atoms with van der Waals surface area (Å²) in [6.45, 7) is 0. The quantitative estimate of drug-likeness (QED) is 0.784. The van der Waals surface area contributed by atoms with Crippen molar-refractivity contribution in [2.75, 3.05) is 0 Å². The highest BCUT2D eigenvalue weighted by molar-refractivity contribution is 6.30. The number of rotatable bonds is 3. The maximum Gasteiger partial charge on any atom is 0.145 e. The molecule has 4 heteroatoms. The first-order valence-corrected chi connectivity index (χ1v) is 7.06. The molecule has 1 atom stereocenters. The van der Waals surface area contributed by atoms with E-state index < -0.39 is 5.82 Å². The summed E-state index contributed by atoms with van der Waals surface area (Å²) in [7, 11) is 0. The van der Waals surface area contributed by atoms with Crippen molar-refractivity contribution in [3.63, 3.8) is 0 Å². The molecule has 3 aromatic rings. The first-order valence-electron chi connectivity index (χ1n) is 6.68. The largest absolute Gasteiger partial charge is 0.324 e. The predicted octanol–water partition coefficient (Wildman–Crippen LogP) is 4.27. The van der Waals surface area contributed by atoms with Crippen LogP contribution in [0.15, 0.2) is 54.7 Å². The van der Waals surface area contributed by atoms with Crippen LogP contribution in [0.1, 0.15) is 17.2 Å². The molecular weight excluding hydrogens is 287 g/mol. The average molecular weight is 301 g/mol. The van der Waals surface area contributed by atoms with Gasteiger partial charge in [0.2, 0.25) is 0 Å². The highest BCUT2D eigenvalue weighted by Crippen LogP contribution is 2.24. The van der Waals surface area contributed by atoms with Crippen molar-refractivity contribution < 1.29 is 4.39 Å². The highest BCUT2D eigenvalue weighted by atomic mass is 35.5. The van der Waals surface area contributed by atoms with Gasteiger partial charge < -0.3 is 5.73 Å². The molecular formula is C17H14ClFN2. The molecule has 106 valence electrons. The second-order valence-electron chi connectivity index (χ2n) is 4.98. The number of halogens is 2. The molecule has 0 aliphatic heterocycles. The van der Waals surface area contributed by atoms with Crippen molar-refractivity contribution in [2.45, 2.75) is 12.5 Å². The fourth-order valence-corrected chi connectivity index (χ4v) is 2.57. The summed E-state index contributed by atoms with van der Waals surface area (Å²) >= 11 is 5.80. The Morgan fingerprint density at radius 2 is 2.00 bits per heavy atom. The van der Waals surface area contributed by atoms with Crippen molar-refractivity contribution in [3.8, 4) is 0 Å². The minimum Gasteiger partial charge on any atom is -0.324 e. The molecule has 0 spiro atoms. The van der Waals surface area contributed by atoms with E-state index in [2.05, 4.69) is 4.98 Å². The lowest BCUT2D eigenvalue weighted by Crippen LogP contribution is -2.14. The molecule has 0 saturated carbocycles. The first-order chi connectivity index (χ1) is 10.1. The molecule has 0 aliphatic rings. The average Bonchev–Trinajstić information content (AvgIpc) is 2.51. The summed E-state index contributed by atoms with van der Waals surface area (Å²) in [6.07, 6.45) is 2.14. The number of aromatic nitrogens is 1. The molecule has 0 bridgehead atoms. The molecule has 0 amide bonds. The summed E-state index contributed by atoms with van der Waals surface area (Å²) in [4.78, 5) is 4.31. The molecule has 1 unspecified atom stereocenters. The third kappa shape index (κ3) is 2.89. The molecule has 1 heterocycles. The number of pyridine rings is 1. The van der Waals surface area contributed by atoms with E-state index in [9.17, 15) is 4.39 Å². The van der Waals surface area contributed by atoms with Gasteiger partial charge in [-0.1, -0.05) is 41.9 Å².